The molecule has 3 heterocycles. The number of piperazine rings is 1. The van der Waals surface area contributed by atoms with E-state index < -0.39 is 0 Å². The van der Waals surface area contributed by atoms with Crippen molar-refractivity contribution in [1.29, 1.82) is 5.41 Å². The van der Waals surface area contributed by atoms with Crippen LogP contribution in [0.3, 0.4) is 0 Å². The summed E-state index contributed by atoms with van der Waals surface area (Å²) in [7, 11) is 3.38. The van der Waals surface area contributed by atoms with Crippen molar-refractivity contribution in [3.63, 3.8) is 0 Å². The molecule has 12 nitrogen and oxygen atoms in total. The molecule has 1 fully saturated rings. The largest absolute Gasteiger partial charge is 0.488 e. The van der Waals surface area contributed by atoms with Gasteiger partial charge in [-0.05, 0) is 19.1 Å². The lowest BCUT2D eigenvalue weighted by Crippen LogP contribution is -2.50. The summed E-state index contributed by atoms with van der Waals surface area (Å²) in [6.07, 6.45) is 6.73. The maximum Gasteiger partial charge on any atom is 0.257 e. The molecule has 0 radical (unpaired) electrons. The number of pyridine rings is 1. The van der Waals surface area contributed by atoms with E-state index in [2.05, 4.69) is 37.1 Å². The highest BCUT2D eigenvalue weighted by atomic mass is 16.5. The molecule has 1 atom stereocenters. The summed E-state index contributed by atoms with van der Waals surface area (Å²) in [5.74, 6) is 2.04. The molecule has 0 saturated carbocycles. The Balaban J connectivity index is 0.000000344. The first-order valence-electron chi connectivity index (χ1n) is 10.2. The molecule has 1 saturated heterocycles. The predicted octanol–water partition coefficient (Wildman–Crippen LogP) is -0.116. The van der Waals surface area contributed by atoms with E-state index in [1.54, 1.807) is 38.9 Å². The van der Waals surface area contributed by atoms with Crippen LogP contribution < -0.4 is 31.2 Å². The van der Waals surface area contributed by atoms with Crippen molar-refractivity contribution >= 4 is 17.7 Å². The zero-order valence-electron chi connectivity index (χ0n) is 18.7. The molecule has 0 aliphatic carbocycles. The second-order valence-electron chi connectivity index (χ2n) is 7.07. The van der Waals surface area contributed by atoms with Crippen LogP contribution >= 0.6 is 0 Å². The summed E-state index contributed by atoms with van der Waals surface area (Å²) in [5, 5.41) is 10.4. The van der Waals surface area contributed by atoms with Gasteiger partial charge in [0.05, 0.1) is 6.20 Å². The Morgan fingerprint density at radius 2 is 2.00 bits per heavy atom. The van der Waals surface area contributed by atoms with Gasteiger partial charge in [0.1, 0.15) is 19.0 Å². The molecular formula is C20H32N10O2. The molecule has 1 aliphatic rings. The van der Waals surface area contributed by atoms with Crippen LogP contribution in [0.4, 0.5) is 5.82 Å². The van der Waals surface area contributed by atoms with E-state index in [4.69, 9.17) is 26.4 Å². The number of nitrogens with one attached hydrogen (secondary N) is 2. The zero-order chi connectivity index (χ0) is 23.3. The Kier molecular flexibility index (Phi) is 9.91. The van der Waals surface area contributed by atoms with E-state index in [9.17, 15) is 0 Å². The van der Waals surface area contributed by atoms with Gasteiger partial charge in [0.2, 0.25) is 5.96 Å². The van der Waals surface area contributed by atoms with Crippen molar-refractivity contribution in [2.24, 2.45) is 16.5 Å². The van der Waals surface area contributed by atoms with Crippen LogP contribution in [-0.4, -0.2) is 84.8 Å². The zero-order valence-corrected chi connectivity index (χ0v) is 18.7. The molecule has 174 valence electrons. The molecule has 6 N–H and O–H groups in total. The third kappa shape index (κ3) is 8.22. The normalized spacial score (nSPS) is 15.1. The second kappa shape index (κ2) is 12.9. The van der Waals surface area contributed by atoms with Crippen LogP contribution in [0.25, 0.3) is 0 Å². The smallest absolute Gasteiger partial charge is 0.257 e. The molecule has 32 heavy (non-hydrogen) atoms. The Morgan fingerprint density at radius 1 is 1.25 bits per heavy atom. The summed E-state index contributed by atoms with van der Waals surface area (Å²) in [4.78, 5) is 20.0. The highest BCUT2D eigenvalue weighted by molar-refractivity contribution is 5.91. The highest BCUT2D eigenvalue weighted by Gasteiger charge is 2.23. The molecule has 1 aliphatic heterocycles. The topological polar surface area (TPSA) is 164 Å². The lowest BCUT2D eigenvalue weighted by atomic mass is 10.2. The van der Waals surface area contributed by atoms with E-state index in [1.807, 2.05) is 12.1 Å². The fourth-order valence-electron chi connectivity index (χ4n) is 2.73. The van der Waals surface area contributed by atoms with Gasteiger partial charge in [-0.25, -0.2) is 9.97 Å². The summed E-state index contributed by atoms with van der Waals surface area (Å²) < 4.78 is 11.4. The van der Waals surface area contributed by atoms with Crippen molar-refractivity contribution < 1.29 is 9.47 Å². The van der Waals surface area contributed by atoms with Crippen molar-refractivity contribution in [3.05, 3.63) is 36.9 Å². The molecule has 0 amide bonds. The number of guanidine groups is 2. The molecule has 2 aromatic heterocycles. The second-order valence-corrected chi connectivity index (χ2v) is 7.07. The molecule has 2 aromatic rings. The Hall–Kier alpha value is -3.67. The van der Waals surface area contributed by atoms with Gasteiger partial charge in [-0.1, -0.05) is 0 Å². The predicted molar refractivity (Wildman–Crippen MR) is 124 cm³/mol. The van der Waals surface area contributed by atoms with Gasteiger partial charge >= 0.3 is 0 Å². The summed E-state index contributed by atoms with van der Waals surface area (Å²) >= 11 is 0. The van der Waals surface area contributed by atoms with Crippen LogP contribution in [0.5, 0.6) is 11.6 Å². The van der Waals surface area contributed by atoms with E-state index in [-0.39, 0.29) is 11.9 Å². The maximum absolute atomic E-state index is 7.05. The maximum atomic E-state index is 7.05. The number of ether oxygens (including phenoxy) is 2. The van der Waals surface area contributed by atoms with Crippen molar-refractivity contribution in [3.8, 4) is 11.6 Å². The molecule has 0 aromatic carbocycles. The Bertz CT molecular complexity index is 858. The van der Waals surface area contributed by atoms with Crippen molar-refractivity contribution in [1.82, 2.24) is 25.2 Å². The third-order valence-corrected chi connectivity index (χ3v) is 4.30. The SMILES string of the molecule is CN(C)C(=N)N=C(N)N.C[C@@H]1CNCCN1c1nccnc1OCCOc1cccnc1. The first-order valence-corrected chi connectivity index (χ1v) is 10.2. The van der Waals surface area contributed by atoms with Crippen molar-refractivity contribution in [2.45, 2.75) is 13.0 Å². The first-order chi connectivity index (χ1) is 15.4. The van der Waals surface area contributed by atoms with Gasteiger partial charge in [-0.2, -0.15) is 4.99 Å². The van der Waals surface area contributed by atoms with Gasteiger partial charge in [0.25, 0.3) is 5.88 Å². The minimum Gasteiger partial charge on any atom is -0.488 e. The molecule has 0 bridgehead atoms. The van der Waals surface area contributed by atoms with Crippen LogP contribution in [0.1, 0.15) is 6.92 Å². The average molecular weight is 445 g/mol. The molecule has 0 unspecified atom stereocenters. The fraction of sp³-hybridized carbons (Fsp3) is 0.450. The fourth-order valence-corrected chi connectivity index (χ4v) is 2.73. The van der Waals surface area contributed by atoms with Crippen LogP contribution in [0, 0.1) is 5.41 Å². The average Bonchev–Trinajstić information content (AvgIpc) is 2.78. The lowest BCUT2D eigenvalue weighted by molar-refractivity contribution is 0.211. The van der Waals surface area contributed by atoms with Gasteiger partial charge in [-0.15, -0.1) is 0 Å². The van der Waals surface area contributed by atoms with E-state index in [1.165, 1.54) is 4.90 Å². The van der Waals surface area contributed by atoms with Gasteiger partial charge in [-0.3, -0.25) is 10.4 Å². The van der Waals surface area contributed by atoms with Gasteiger partial charge in [0, 0.05) is 58.4 Å². The number of nitrogens with two attached hydrogens (primary N) is 2. The molecule has 12 heteroatoms. The minimum atomic E-state index is -0.0892. The standard InChI is InChI=1S/C16H21N5O2.C4H11N5/c1-13-11-18-7-8-21(13)15-16(20-6-5-19-15)23-10-9-22-14-3-2-4-17-12-14;1-9(2)4(7)8-3(5)6/h2-6,12-13,18H,7-11H2,1H3;1-2H3,(H5,5,6,7,8)/t13-;/m1./s1. The lowest BCUT2D eigenvalue weighted by Gasteiger charge is -2.35. The first kappa shape index (κ1) is 24.6. The monoisotopic (exact) mass is 444 g/mol. The van der Waals surface area contributed by atoms with E-state index >= 15 is 0 Å². The number of aliphatic imine (C=N–C) groups is 1. The molecule has 3 rings (SSSR count). The minimum absolute atomic E-state index is 0.0509. The van der Waals surface area contributed by atoms with Crippen LogP contribution in [-0.2, 0) is 0 Å². The molecule has 0 spiro atoms. The number of anilines is 1. The molecular weight excluding hydrogens is 412 g/mol. The number of hydrogen-bond donors (Lipinski definition) is 4. The Morgan fingerprint density at radius 3 is 2.62 bits per heavy atom. The summed E-state index contributed by atoms with van der Waals surface area (Å²) in [6, 6.07) is 4.06. The Labute approximate surface area is 188 Å². The summed E-state index contributed by atoms with van der Waals surface area (Å²) in [5.41, 5.74) is 9.98. The van der Waals surface area contributed by atoms with E-state index in [0.717, 1.165) is 31.2 Å². The van der Waals surface area contributed by atoms with Crippen LogP contribution in [0.2, 0.25) is 0 Å². The van der Waals surface area contributed by atoms with Gasteiger partial charge < -0.3 is 36.1 Å². The van der Waals surface area contributed by atoms with Crippen molar-refractivity contribution in [2.75, 3.05) is 51.8 Å². The third-order valence-electron chi connectivity index (χ3n) is 4.30. The van der Waals surface area contributed by atoms with E-state index in [0.29, 0.717) is 25.1 Å². The quantitative estimate of drug-likeness (QED) is 0.268. The highest BCUT2D eigenvalue weighted by Crippen LogP contribution is 2.25. The number of nitrogens with zero attached hydrogens (tertiary/aromatic N) is 6. The number of rotatable bonds is 6. The summed E-state index contributed by atoms with van der Waals surface area (Å²) in [6.45, 7) is 5.75. The number of hydrogen-bond acceptors (Lipinski definition) is 8. The van der Waals surface area contributed by atoms with Crippen LogP contribution in [0.15, 0.2) is 41.9 Å². The van der Waals surface area contributed by atoms with Gasteiger partial charge in [0.15, 0.2) is 11.8 Å². The number of aromatic nitrogens is 3.